The van der Waals surface area contributed by atoms with Crippen LogP contribution in [0, 0.1) is 18.6 Å². The Balaban J connectivity index is 1.82. The maximum atomic E-state index is 14.9. The minimum Gasteiger partial charge on any atom is -0.375 e. The average molecular weight is 374 g/mol. The summed E-state index contributed by atoms with van der Waals surface area (Å²) in [7, 11) is 1.91. The third-order valence-electron chi connectivity index (χ3n) is 4.74. The molecule has 3 rings (SSSR count). The van der Waals surface area contributed by atoms with E-state index in [1.165, 1.54) is 18.2 Å². The average Bonchev–Trinajstić information content (AvgIpc) is 2.61. The molecule has 0 amide bonds. The second-order valence-electron chi connectivity index (χ2n) is 6.84. The number of aryl methyl sites for hydroxylation is 1. The van der Waals surface area contributed by atoms with Gasteiger partial charge in [0.1, 0.15) is 17.2 Å². The molecule has 0 N–H and O–H groups in total. The fourth-order valence-electron chi connectivity index (χ4n) is 2.85. The first-order valence-corrected chi connectivity index (χ1v) is 8.95. The van der Waals surface area contributed by atoms with Gasteiger partial charge in [0, 0.05) is 25.2 Å². The SMILES string of the molecule is CCN(C)C=Nc1cc(F)c(C2(OCc3cccc(F)c3)COC2)cc1C. The summed E-state index contributed by atoms with van der Waals surface area (Å²) >= 11 is 0. The van der Waals surface area contributed by atoms with Gasteiger partial charge in [-0.2, -0.15) is 0 Å². The predicted molar refractivity (Wildman–Crippen MR) is 101 cm³/mol. The summed E-state index contributed by atoms with van der Waals surface area (Å²) in [6.45, 7) is 5.43. The largest absolute Gasteiger partial charge is 0.375 e. The highest BCUT2D eigenvalue weighted by Gasteiger charge is 2.44. The van der Waals surface area contributed by atoms with Gasteiger partial charge in [0.05, 0.1) is 31.8 Å². The molecule has 0 bridgehead atoms. The Bertz CT molecular complexity index is 835. The highest BCUT2D eigenvalue weighted by atomic mass is 19.1. The van der Waals surface area contributed by atoms with Crippen molar-refractivity contribution in [1.82, 2.24) is 4.90 Å². The van der Waals surface area contributed by atoms with Crippen LogP contribution in [0.2, 0.25) is 0 Å². The van der Waals surface area contributed by atoms with Gasteiger partial charge in [0.2, 0.25) is 0 Å². The standard InChI is InChI=1S/C21H24F2N2O2/c1-4-25(3)14-24-20-10-19(23)18(8-15(20)2)21(12-26-13-21)27-11-16-6-5-7-17(22)9-16/h5-10,14H,4,11-13H2,1-3H3. The van der Waals surface area contributed by atoms with Crippen molar-refractivity contribution < 1.29 is 18.3 Å². The summed E-state index contributed by atoms with van der Waals surface area (Å²) in [6.07, 6.45) is 1.68. The molecule has 6 heteroatoms. The van der Waals surface area contributed by atoms with Gasteiger partial charge in [-0.1, -0.05) is 12.1 Å². The number of halogens is 2. The molecule has 0 aliphatic carbocycles. The minimum atomic E-state index is -0.858. The van der Waals surface area contributed by atoms with Crippen LogP contribution in [0.25, 0.3) is 0 Å². The quantitative estimate of drug-likeness (QED) is 0.534. The van der Waals surface area contributed by atoms with Crippen molar-refractivity contribution in [3.05, 3.63) is 64.7 Å². The van der Waals surface area contributed by atoms with Crippen LogP contribution < -0.4 is 0 Å². The van der Waals surface area contributed by atoms with Gasteiger partial charge in [0.15, 0.2) is 0 Å². The molecular formula is C21H24F2N2O2. The van der Waals surface area contributed by atoms with E-state index in [4.69, 9.17) is 9.47 Å². The Labute approximate surface area is 158 Å². The Morgan fingerprint density at radius 1 is 1.26 bits per heavy atom. The van der Waals surface area contributed by atoms with Gasteiger partial charge in [-0.05, 0) is 43.2 Å². The summed E-state index contributed by atoms with van der Waals surface area (Å²) in [5, 5.41) is 0. The number of hydrogen-bond donors (Lipinski definition) is 0. The Morgan fingerprint density at radius 3 is 2.67 bits per heavy atom. The third-order valence-corrected chi connectivity index (χ3v) is 4.74. The van der Waals surface area contributed by atoms with Gasteiger partial charge in [-0.25, -0.2) is 13.8 Å². The monoisotopic (exact) mass is 374 g/mol. The van der Waals surface area contributed by atoms with Crippen molar-refractivity contribution in [2.24, 2.45) is 4.99 Å². The third kappa shape index (κ3) is 4.34. The van der Waals surface area contributed by atoms with Crippen LogP contribution in [0.4, 0.5) is 14.5 Å². The van der Waals surface area contributed by atoms with Gasteiger partial charge >= 0.3 is 0 Å². The number of benzene rings is 2. The van der Waals surface area contributed by atoms with Crippen molar-refractivity contribution in [1.29, 1.82) is 0 Å². The highest BCUT2D eigenvalue weighted by Crippen LogP contribution is 2.38. The molecule has 1 aliphatic heterocycles. The Kier molecular flexibility index (Phi) is 5.87. The number of ether oxygens (including phenoxy) is 2. The molecule has 0 unspecified atom stereocenters. The first-order chi connectivity index (χ1) is 12.9. The zero-order valence-electron chi connectivity index (χ0n) is 15.8. The summed E-state index contributed by atoms with van der Waals surface area (Å²) < 4.78 is 39.6. The summed E-state index contributed by atoms with van der Waals surface area (Å²) in [4.78, 5) is 6.27. The smallest absolute Gasteiger partial charge is 0.143 e. The molecule has 0 radical (unpaired) electrons. The molecule has 2 aromatic carbocycles. The van der Waals surface area contributed by atoms with Crippen molar-refractivity contribution >= 4 is 12.0 Å². The lowest BCUT2D eigenvalue weighted by Crippen LogP contribution is -2.49. The van der Waals surface area contributed by atoms with Gasteiger partial charge in [-0.15, -0.1) is 0 Å². The van der Waals surface area contributed by atoms with Crippen molar-refractivity contribution in [3.63, 3.8) is 0 Å². The van der Waals surface area contributed by atoms with Gasteiger partial charge in [0.25, 0.3) is 0 Å². The number of nitrogens with zero attached hydrogens (tertiary/aromatic N) is 2. The van der Waals surface area contributed by atoms with Crippen molar-refractivity contribution in [3.8, 4) is 0 Å². The van der Waals surface area contributed by atoms with Crippen LogP contribution in [0.15, 0.2) is 41.4 Å². The maximum Gasteiger partial charge on any atom is 0.143 e. The van der Waals surface area contributed by atoms with E-state index in [0.29, 0.717) is 16.8 Å². The van der Waals surface area contributed by atoms with Gasteiger partial charge < -0.3 is 14.4 Å². The molecule has 27 heavy (non-hydrogen) atoms. The lowest BCUT2D eigenvalue weighted by molar-refractivity contribution is -0.224. The maximum absolute atomic E-state index is 14.9. The molecule has 2 aromatic rings. The molecule has 144 valence electrons. The lowest BCUT2D eigenvalue weighted by Gasteiger charge is -2.42. The molecule has 1 heterocycles. The molecular weight excluding hydrogens is 350 g/mol. The van der Waals surface area contributed by atoms with E-state index in [1.807, 2.05) is 25.8 Å². The lowest BCUT2D eigenvalue weighted by atomic mass is 9.89. The normalized spacial score (nSPS) is 15.7. The first-order valence-electron chi connectivity index (χ1n) is 8.95. The number of hydrogen-bond acceptors (Lipinski definition) is 3. The topological polar surface area (TPSA) is 34.1 Å². The summed E-state index contributed by atoms with van der Waals surface area (Å²) in [5.41, 5.74) is 1.72. The Hall–Kier alpha value is -2.31. The van der Waals surface area contributed by atoms with Crippen LogP contribution >= 0.6 is 0 Å². The van der Waals surface area contributed by atoms with E-state index in [0.717, 1.165) is 12.1 Å². The predicted octanol–water partition coefficient (Wildman–Crippen LogP) is 4.33. The molecule has 0 saturated carbocycles. The van der Waals surface area contributed by atoms with E-state index in [2.05, 4.69) is 4.99 Å². The minimum absolute atomic E-state index is 0.181. The van der Waals surface area contributed by atoms with E-state index in [9.17, 15) is 8.78 Å². The summed E-state index contributed by atoms with van der Waals surface area (Å²) in [6, 6.07) is 9.39. The highest BCUT2D eigenvalue weighted by molar-refractivity contribution is 5.63. The second kappa shape index (κ2) is 8.15. The first kappa shape index (κ1) is 19.5. The molecule has 4 nitrogen and oxygen atoms in total. The Morgan fingerprint density at radius 2 is 2.04 bits per heavy atom. The van der Waals surface area contributed by atoms with E-state index in [1.54, 1.807) is 24.5 Å². The molecule has 0 atom stereocenters. The van der Waals surface area contributed by atoms with Crippen LogP contribution in [0.1, 0.15) is 23.6 Å². The van der Waals surface area contributed by atoms with E-state index in [-0.39, 0.29) is 31.5 Å². The van der Waals surface area contributed by atoms with Crippen LogP contribution in [-0.4, -0.2) is 38.0 Å². The molecule has 1 aliphatic rings. The second-order valence-corrected chi connectivity index (χ2v) is 6.84. The molecule has 0 aromatic heterocycles. The van der Waals surface area contributed by atoms with Crippen molar-refractivity contribution in [2.75, 3.05) is 26.8 Å². The molecule has 0 spiro atoms. The molecule has 1 fully saturated rings. The fraction of sp³-hybridized carbons (Fsp3) is 0.381. The van der Waals surface area contributed by atoms with E-state index < -0.39 is 5.60 Å². The van der Waals surface area contributed by atoms with Crippen LogP contribution in [-0.2, 0) is 21.7 Å². The van der Waals surface area contributed by atoms with E-state index >= 15 is 0 Å². The summed E-state index contributed by atoms with van der Waals surface area (Å²) in [5.74, 6) is -0.703. The zero-order valence-corrected chi connectivity index (χ0v) is 15.8. The van der Waals surface area contributed by atoms with Gasteiger partial charge in [-0.3, -0.25) is 0 Å². The zero-order chi connectivity index (χ0) is 19.4. The molecule has 1 saturated heterocycles. The fourth-order valence-corrected chi connectivity index (χ4v) is 2.85. The van der Waals surface area contributed by atoms with Crippen LogP contribution in [0.3, 0.4) is 0 Å². The number of rotatable bonds is 7. The number of aliphatic imine (C=N–C) groups is 1. The van der Waals surface area contributed by atoms with Crippen LogP contribution in [0.5, 0.6) is 0 Å². The van der Waals surface area contributed by atoms with Crippen molar-refractivity contribution in [2.45, 2.75) is 26.1 Å².